The van der Waals surface area contributed by atoms with Gasteiger partial charge in [-0.3, -0.25) is 10.1 Å². The molecule has 0 saturated carbocycles. The Hall–Kier alpha value is -3.11. The lowest BCUT2D eigenvalue weighted by molar-refractivity contribution is -0.120. The van der Waals surface area contributed by atoms with Crippen LogP contribution < -0.4 is 15.4 Å². The van der Waals surface area contributed by atoms with Crippen molar-refractivity contribution in [2.75, 3.05) is 37.4 Å². The molecule has 1 aliphatic rings. The summed E-state index contributed by atoms with van der Waals surface area (Å²) in [7, 11) is -2.53. The third kappa shape index (κ3) is 5.77. The average Bonchev–Trinajstić information content (AvgIpc) is 2.81. The fourth-order valence-corrected chi connectivity index (χ4v) is 4.97. The predicted octanol–water partition coefficient (Wildman–Crippen LogP) is 3.30. The van der Waals surface area contributed by atoms with E-state index in [1.807, 2.05) is 6.92 Å². The van der Waals surface area contributed by atoms with Crippen LogP contribution in [0.15, 0.2) is 53.4 Å². The average molecular weight is 462 g/mol. The Bertz CT molecular complexity index is 1040. The van der Waals surface area contributed by atoms with E-state index in [4.69, 9.17) is 4.74 Å². The van der Waals surface area contributed by atoms with E-state index in [2.05, 4.69) is 15.4 Å². The Labute approximate surface area is 187 Å². The number of hydrogen-bond acceptors (Lipinski definition) is 6. The van der Waals surface area contributed by atoms with Gasteiger partial charge in [0.1, 0.15) is 5.75 Å². The van der Waals surface area contributed by atoms with Crippen molar-refractivity contribution in [2.45, 2.75) is 24.7 Å². The second kappa shape index (κ2) is 10.5. The zero-order valence-electron chi connectivity index (χ0n) is 18.0. The molecule has 1 atom stereocenters. The maximum absolute atomic E-state index is 13.1. The largest absolute Gasteiger partial charge is 0.494 e. The maximum Gasteiger partial charge on any atom is 0.411 e. The summed E-state index contributed by atoms with van der Waals surface area (Å²) in [5.41, 5.74) is 1.05. The van der Waals surface area contributed by atoms with Crippen molar-refractivity contribution < 1.29 is 27.5 Å². The van der Waals surface area contributed by atoms with Crippen molar-refractivity contribution in [1.29, 1.82) is 0 Å². The molecule has 172 valence electrons. The Kier molecular flexibility index (Phi) is 7.70. The van der Waals surface area contributed by atoms with E-state index in [0.29, 0.717) is 43.1 Å². The number of benzene rings is 2. The molecule has 2 aromatic rings. The van der Waals surface area contributed by atoms with Crippen LogP contribution in [0.1, 0.15) is 19.8 Å². The first kappa shape index (κ1) is 23.6. The van der Waals surface area contributed by atoms with Gasteiger partial charge in [0.05, 0.1) is 24.5 Å². The number of hydrogen-bond donors (Lipinski definition) is 2. The van der Waals surface area contributed by atoms with Gasteiger partial charge in [-0.1, -0.05) is 0 Å². The first-order valence-corrected chi connectivity index (χ1v) is 11.8. The Balaban J connectivity index is 1.65. The summed E-state index contributed by atoms with van der Waals surface area (Å²) in [4.78, 5) is 24.1. The van der Waals surface area contributed by atoms with E-state index in [1.165, 1.54) is 35.7 Å². The van der Waals surface area contributed by atoms with Gasteiger partial charge in [-0.15, -0.1) is 0 Å². The molecule has 2 N–H and O–H groups in total. The highest BCUT2D eigenvalue weighted by Crippen LogP contribution is 2.26. The van der Waals surface area contributed by atoms with Crippen LogP contribution in [0.5, 0.6) is 5.75 Å². The predicted molar refractivity (Wildman–Crippen MR) is 120 cm³/mol. The number of rotatable bonds is 7. The van der Waals surface area contributed by atoms with Crippen LogP contribution in [0.25, 0.3) is 0 Å². The number of carbonyl (C=O) groups is 2. The minimum absolute atomic E-state index is 0.0977. The molecular formula is C22H27N3O6S. The van der Waals surface area contributed by atoms with Crippen LogP contribution in [0, 0.1) is 5.92 Å². The molecule has 2 amide bonds. The summed E-state index contributed by atoms with van der Waals surface area (Å²) in [6.07, 6.45) is 0.553. The summed E-state index contributed by atoms with van der Waals surface area (Å²) in [6, 6.07) is 12.9. The molecule has 9 nitrogen and oxygen atoms in total. The van der Waals surface area contributed by atoms with Crippen molar-refractivity contribution in [3.05, 3.63) is 48.5 Å². The minimum atomic E-state index is -3.77. The van der Waals surface area contributed by atoms with Crippen LogP contribution in [-0.2, 0) is 19.6 Å². The topological polar surface area (TPSA) is 114 Å². The van der Waals surface area contributed by atoms with Crippen LogP contribution in [0.3, 0.4) is 0 Å². The summed E-state index contributed by atoms with van der Waals surface area (Å²) >= 11 is 0. The third-order valence-electron chi connectivity index (χ3n) is 5.11. The van der Waals surface area contributed by atoms with Crippen LogP contribution in [0.2, 0.25) is 0 Å². The molecule has 0 radical (unpaired) electrons. The summed E-state index contributed by atoms with van der Waals surface area (Å²) < 4.78 is 37.4. The number of nitrogens with zero attached hydrogens (tertiary/aromatic N) is 1. The number of carbonyl (C=O) groups excluding carboxylic acids is 2. The standard InChI is InChI=1S/C22H27N3O6S/c1-3-31-19-10-6-17(7-11-19)23-21(26)16-5-4-14-25(15-16)32(28,29)20-12-8-18(9-13-20)24-22(27)30-2/h6-13,16H,3-5,14-15H2,1-2H3,(H,23,26)(H,24,27)/t16-/m0/s1. The molecule has 3 rings (SSSR count). The number of sulfonamides is 1. The third-order valence-corrected chi connectivity index (χ3v) is 6.99. The van der Waals surface area contributed by atoms with Gasteiger partial charge in [0.2, 0.25) is 15.9 Å². The molecule has 0 unspecified atom stereocenters. The van der Waals surface area contributed by atoms with Gasteiger partial charge < -0.3 is 14.8 Å². The quantitative estimate of drug-likeness (QED) is 0.654. The number of ether oxygens (including phenoxy) is 2. The fourth-order valence-electron chi connectivity index (χ4n) is 3.45. The lowest BCUT2D eigenvalue weighted by Gasteiger charge is -2.31. The van der Waals surface area contributed by atoms with Crippen LogP contribution in [0.4, 0.5) is 16.2 Å². The number of nitrogens with one attached hydrogen (secondary N) is 2. The van der Waals surface area contributed by atoms with E-state index >= 15 is 0 Å². The Morgan fingerprint density at radius 2 is 1.66 bits per heavy atom. The lowest BCUT2D eigenvalue weighted by atomic mass is 9.99. The van der Waals surface area contributed by atoms with Gasteiger partial charge in [0.25, 0.3) is 0 Å². The van der Waals surface area contributed by atoms with Crippen molar-refractivity contribution in [1.82, 2.24) is 4.31 Å². The first-order chi connectivity index (χ1) is 15.3. The first-order valence-electron chi connectivity index (χ1n) is 10.3. The molecule has 1 aliphatic heterocycles. The number of piperidine rings is 1. The normalized spacial score (nSPS) is 16.8. The molecular weight excluding hydrogens is 434 g/mol. The van der Waals surface area contributed by atoms with Gasteiger partial charge in [0, 0.05) is 24.5 Å². The Morgan fingerprint density at radius 3 is 2.28 bits per heavy atom. The number of methoxy groups -OCH3 is 1. The highest BCUT2D eigenvalue weighted by atomic mass is 32.2. The zero-order chi connectivity index (χ0) is 23.1. The monoisotopic (exact) mass is 461 g/mol. The van der Waals surface area contributed by atoms with Crippen molar-refractivity contribution in [2.24, 2.45) is 5.92 Å². The second-order valence-electron chi connectivity index (χ2n) is 7.29. The molecule has 1 heterocycles. The van der Waals surface area contributed by atoms with Crippen molar-refractivity contribution in [3.63, 3.8) is 0 Å². The molecule has 10 heteroatoms. The maximum atomic E-state index is 13.1. The van der Waals surface area contributed by atoms with Gasteiger partial charge in [-0.25, -0.2) is 13.2 Å². The van der Waals surface area contributed by atoms with Gasteiger partial charge in [-0.05, 0) is 68.3 Å². The van der Waals surface area contributed by atoms with Gasteiger partial charge in [0.15, 0.2) is 0 Å². The smallest absolute Gasteiger partial charge is 0.411 e. The molecule has 0 bridgehead atoms. The van der Waals surface area contributed by atoms with Crippen molar-refractivity contribution >= 4 is 33.4 Å². The molecule has 0 aliphatic carbocycles. The summed E-state index contributed by atoms with van der Waals surface area (Å²) in [6.45, 7) is 2.90. The lowest BCUT2D eigenvalue weighted by Crippen LogP contribution is -2.43. The van der Waals surface area contributed by atoms with E-state index in [1.54, 1.807) is 24.3 Å². The van der Waals surface area contributed by atoms with Gasteiger partial charge >= 0.3 is 6.09 Å². The molecule has 0 spiro atoms. The van der Waals surface area contributed by atoms with Crippen molar-refractivity contribution in [3.8, 4) is 5.75 Å². The van der Waals surface area contributed by atoms with Crippen LogP contribution >= 0.6 is 0 Å². The second-order valence-corrected chi connectivity index (χ2v) is 9.23. The zero-order valence-corrected chi connectivity index (χ0v) is 18.9. The molecule has 32 heavy (non-hydrogen) atoms. The van der Waals surface area contributed by atoms with E-state index in [-0.39, 0.29) is 17.3 Å². The van der Waals surface area contributed by atoms with Gasteiger partial charge in [-0.2, -0.15) is 4.31 Å². The highest BCUT2D eigenvalue weighted by Gasteiger charge is 2.33. The van der Waals surface area contributed by atoms with E-state index < -0.39 is 22.0 Å². The molecule has 1 fully saturated rings. The SMILES string of the molecule is CCOc1ccc(NC(=O)[C@H]2CCCN(S(=O)(=O)c3ccc(NC(=O)OC)cc3)C2)cc1. The molecule has 1 saturated heterocycles. The van der Waals surface area contributed by atoms with E-state index in [9.17, 15) is 18.0 Å². The molecule has 0 aromatic heterocycles. The number of anilines is 2. The van der Waals surface area contributed by atoms with Crippen LogP contribution in [-0.4, -0.2) is 51.5 Å². The minimum Gasteiger partial charge on any atom is -0.494 e. The number of amides is 2. The fraction of sp³-hybridized carbons (Fsp3) is 0.364. The van der Waals surface area contributed by atoms with E-state index in [0.717, 1.165) is 0 Å². The highest BCUT2D eigenvalue weighted by molar-refractivity contribution is 7.89. The summed E-state index contributed by atoms with van der Waals surface area (Å²) in [5, 5.41) is 5.33. The molecule has 2 aromatic carbocycles. The Morgan fingerprint density at radius 1 is 1.03 bits per heavy atom. The summed E-state index contributed by atoms with van der Waals surface area (Å²) in [5.74, 6) is 0.0466.